The number of hydrogen-bond acceptors (Lipinski definition) is 1. The number of allylic oxidation sites excluding steroid dienone is 1. The number of rotatable bonds is 5. The van der Waals surface area contributed by atoms with Gasteiger partial charge in [-0.05, 0) is 31.4 Å². The summed E-state index contributed by atoms with van der Waals surface area (Å²) >= 11 is 0. The average molecular weight is 189 g/mol. The van der Waals surface area contributed by atoms with Crippen LogP contribution in [-0.2, 0) is 6.42 Å². The van der Waals surface area contributed by atoms with E-state index in [4.69, 9.17) is 0 Å². The first-order valence-corrected chi connectivity index (χ1v) is 5.44. The maximum absolute atomic E-state index is 4.42. The van der Waals surface area contributed by atoms with Crippen LogP contribution in [0.5, 0.6) is 0 Å². The molecule has 0 aliphatic rings. The van der Waals surface area contributed by atoms with Crippen molar-refractivity contribution in [1.29, 1.82) is 0 Å². The summed E-state index contributed by atoms with van der Waals surface area (Å²) in [5, 5.41) is 0. The molecule has 0 spiro atoms. The molecule has 0 saturated carbocycles. The minimum absolute atomic E-state index is 1.12. The van der Waals surface area contributed by atoms with Crippen LogP contribution in [0, 0.1) is 0 Å². The average Bonchev–Trinajstić information content (AvgIpc) is 2.21. The van der Waals surface area contributed by atoms with Crippen LogP contribution in [0.4, 0.5) is 0 Å². The molecule has 0 unspecified atom stereocenters. The molecule has 0 fully saturated rings. The van der Waals surface area contributed by atoms with Crippen molar-refractivity contribution in [2.45, 2.75) is 39.5 Å². The van der Waals surface area contributed by atoms with Crippen LogP contribution >= 0.6 is 0 Å². The first kappa shape index (κ1) is 11.0. The maximum atomic E-state index is 4.42. The number of aromatic nitrogens is 1. The third kappa shape index (κ3) is 3.73. The van der Waals surface area contributed by atoms with Gasteiger partial charge in [0.05, 0.1) is 0 Å². The highest BCUT2D eigenvalue weighted by molar-refractivity contribution is 5.47. The van der Waals surface area contributed by atoms with E-state index >= 15 is 0 Å². The predicted molar refractivity (Wildman–Crippen MR) is 62.2 cm³/mol. The topological polar surface area (TPSA) is 12.9 Å². The van der Waals surface area contributed by atoms with Gasteiger partial charge < -0.3 is 0 Å². The summed E-state index contributed by atoms with van der Waals surface area (Å²) in [7, 11) is 0. The lowest BCUT2D eigenvalue weighted by Gasteiger charge is -1.99. The fourth-order valence-electron chi connectivity index (χ4n) is 1.43. The third-order valence-electron chi connectivity index (χ3n) is 2.24. The number of nitrogens with zero attached hydrogens (tertiary/aromatic N) is 1. The van der Waals surface area contributed by atoms with Crippen LogP contribution in [0.2, 0.25) is 0 Å². The second-order valence-corrected chi connectivity index (χ2v) is 3.54. The summed E-state index contributed by atoms with van der Waals surface area (Å²) in [5.74, 6) is 0. The molecule has 76 valence electrons. The van der Waals surface area contributed by atoms with Gasteiger partial charge in [0.1, 0.15) is 0 Å². The second kappa shape index (κ2) is 6.36. The molecule has 0 aliphatic heterocycles. The lowest BCUT2D eigenvalue weighted by molar-refractivity contribution is 0.707. The summed E-state index contributed by atoms with van der Waals surface area (Å²) in [6.07, 6.45) is 11.0. The van der Waals surface area contributed by atoms with Crippen molar-refractivity contribution in [1.82, 2.24) is 4.98 Å². The highest BCUT2D eigenvalue weighted by Gasteiger charge is 1.93. The van der Waals surface area contributed by atoms with Crippen molar-refractivity contribution < 1.29 is 0 Å². The molecule has 14 heavy (non-hydrogen) atoms. The van der Waals surface area contributed by atoms with Crippen LogP contribution in [0.3, 0.4) is 0 Å². The molecule has 0 aromatic carbocycles. The molecule has 0 atom stereocenters. The summed E-state index contributed by atoms with van der Waals surface area (Å²) < 4.78 is 0. The molecule has 0 amide bonds. The molecule has 1 heterocycles. The van der Waals surface area contributed by atoms with Crippen molar-refractivity contribution in [3.8, 4) is 0 Å². The first-order valence-electron chi connectivity index (χ1n) is 5.44. The fraction of sp³-hybridized carbons (Fsp3) is 0.462. The van der Waals surface area contributed by atoms with Crippen molar-refractivity contribution in [3.63, 3.8) is 0 Å². The molecular weight excluding hydrogens is 170 g/mol. The molecule has 1 rings (SSSR count). The van der Waals surface area contributed by atoms with Crippen molar-refractivity contribution >= 4 is 6.08 Å². The monoisotopic (exact) mass is 189 g/mol. The lowest BCUT2D eigenvalue weighted by Crippen LogP contribution is -1.89. The van der Waals surface area contributed by atoms with E-state index < -0.39 is 0 Å². The molecule has 0 aliphatic carbocycles. The molecule has 1 aromatic heterocycles. The summed E-state index contributed by atoms with van der Waals surface area (Å²) in [4.78, 5) is 4.42. The highest BCUT2D eigenvalue weighted by Crippen LogP contribution is 2.06. The Morgan fingerprint density at radius 1 is 1.29 bits per heavy atom. The Kier molecular flexibility index (Phi) is 4.98. The van der Waals surface area contributed by atoms with E-state index in [1.54, 1.807) is 0 Å². The Hall–Kier alpha value is -1.11. The van der Waals surface area contributed by atoms with Gasteiger partial charge in [-0.1, -0.05) is 38.0 Å². The van der Waals surface area contributed by atoms with E-state index in [2.05, 4.69) is 30.1 Å². The van der Waals surface area contributed by atoms with E-state index in [9.17, 15) is 0 Å². The van der Waals surface area contributed by atoms with Gasteiger partial charge in [0.2, 0.25) is 0 Å². The van der Waals surface area contributed by atoms with Crippen molar-refractivity contribution in [2.24, 2.45) is 0 Å². The van der Waals surface area contributed by atoms with Crippen LogP contribution in [0.25, 0.3) is 6.08 Å². The molecule has 1 heteroatoms. The van der Waals surface area contributed by atoms with Gasteiger partial charge in [-0.15, -0.1) is 0 Å². The van der Waals surface area contributed by atoms with Gasteiger partial charge >= 0.3 is 0 Å². The van der Waals surface area contributed by atoms with E-state index in [-0.39, 0.29) is 0 Å². The number of aryl methyl sites for hydroxylation is 1. The first-order chi connectivity index (χ1) is 6.86. The van der Waals surface area contributed by atoms with Gasteiger partial charge in [-0.3, -0.25) is 4.98 Å². The third-order valence-corrected chi connectivity index (χ3v) is 2.24. The quantitative estimate of drug-likeness (QED) is 0.641. The van der Waals surface area contributed by atoms with E-state index in [1.807, 2.05) is 19.2 Å². The van der Waals surface area contributed by atoms with Crippen LogP contribution in [0.15, 0.2) is 24.4 Å². The fourth-order valence-corrected chi connectivity index (χ4v) is 1.43. The van der Waals surface area contributed by atoms with Gasteiger partial charge in [0.15, 0.2) is 0 Å². The van der Waals surface area contributed by atoms with Crippen molar-refractivity contribution in [2.75, 3.05) is 0 Å². The van der Waals surface area contributed by atoms with Gasteiger partial charge in [0.25, 0.3) is 0 Å². The standard InChI is InChI=1S/C13H19N/c1-3-5-6-8-13-10-9-12(7-4-2)11-14-13/h4,7,9-11H,3,5-6,8H2,1-2H3/b7-4+. The van der Waals surface area contributed by atoms with Crippen LogP contribution in [-0.4, -0.2) is 4.98 Å². The SMILES string of the molecule is C/C=C/c1ccc(CCCCC)nc1. The van der Waals surface area contributed by atoms with Crippen LogP contribution in [0.1, 0.15) is 44.4 Å². The molecule has 1 nitrogen and oxygen atoms in total. The second-order valence-electron chi connectivity index (χ2n) is 3.54. The molecule has 0 saturated heterocycles. The minimum Gasteiger partial charge on any atom is -0.261 e. The van der Waals surface area contributed by atoms with Gasteiger partial charge in [-0.25, -0.2) is 0 Å². The zero-order valence-corrected chi connectivity index (χ0v) is 9.16. The molecule has 0 bridgehead atoms. The van der Waals surface area contributed by atoms with Crippen LogP contribution < -0.4 is 0 Å². The maximum Gasteiger partial charge on any atom is 0.0404 e. The number of hydrogen-bond donors (Lipinski definition) is 0. The normalized spacial score (nSPS) is 11.0. The summed E-state index contributed by atoms with van der Waals surface area (Å²) in [5.41, 5.74) is 2.40. The van der Waals surface area contributed by atoms with Gasteiger partial charge in [0, 0.05) is 11.9 Å². The Balaban J connectivity index is 2.46. The number of pyridine rings is 1. The summed E-state index contributed by atoms with van der Waals surface area (Å²) in [6.45, 7) is 4.25. The predicted octanol–water partition coefficient (Wildman–Crippen LogP) is 3.85. The Labute approximate surface area is 86.9 Å². The van der Waals surface area contributed by atoms with E-state index in [0.29, 0.717) is 0 Å². The molecule has 0 radical (unpaired) electrons. The number of unbranched alkanes of at least 4 members (excludes halogenated alkanes) is 2. The van der Waals surface area contributed by atoms with E-state index in [1.165, 1.54) is 30.5 Å². The Bertz CT molecular complexity index is 272. The molecule has 0 N–H and O–H groups in total. The summed E-state index contributed by atoms with van der Waals surface area (Å²) in [6, 6.07) is 4.26. The Morgan fingerprint density at radius 3 is 2.71 bits per heavy atom. The van der Waals surface area contributed by atoms with E-state index in [0.717, 1.165) is 6.42 Å². The minimum atomic E-state index is 1.12. The zero-order chi connectivity index (χ0) is 10.2. The molecular formula is C13H19N. The molecule has 1 aromatic rings. The smallest absolute Gasteiger partial charge is 0.0404 e. The van der Waals surface area contributed by atoms with Crippen molar-refractivity contribution in [3.05, 3.63) is 35.7 Å². The zero-order valence-electron chi connectivity index (χ0n) is 9.16. The highest BCUT2D eigenvalue weighted by atomic mass is 14.7. The Morgan fingerprint density at radius 2 is 2.14 bits per heavy atom. The van der Waals surface area contributed by atoms with Gasteiger partial charge in [-0.2, -0.15) is 0 Å². The lowest BCUT2D eigenvalue weighted by atomic mass is 10.1. The largest absolute Gasteiger partial charge is 0.261 e.